The monoisotopic (exact) mass is 394 g/mol. The largest absolute Gasteiger partial charge is 0.338 e. The lowest BCUT2D eigenvalue weighted by Gasteiger charge is -2.32. The number of pyridine rings is 1. The van der Waals surface area contributed by atoms with Gasteiger partial charge in [-0.15, -0.1) is 11.3 Å². The maximum absolute atomic E-state index is 12.5. The fourth-order valence-electron chi connectivity index (χ4n) is 3.30. The summed E-state index contributed by atoms with van der Waals surface area (Å²) in [5.74, 6) is 0.752. The number of carbonyl (C=O) groups is 1. The molecule has 0 atom stereocenters. The van der Waals surface area contributed by atoms with Gasteiger partial charge in [0.15, 0.2) is 10.8 Å². The summed E-state index contributed by atoms with van der Waals surface area (Å²) in [6.45, 7) is 2.43. The van der Waals surface area contributed by atoms with Gasteiger partial charge in [0, 0.05) is 62.3 Å². The second-order valence-corrected chi connectivity index (χ2v) is 7.59. The molecule has 7 nitrogen and oxygen atoms in total. The molecule has 1 aliphatic heterocycles. The SMILES string of the molecule is O=C(c1cccnc1)N1CCC(NCCc2csc(-c3ncccn3)n2)CC1. The van der Waals surface area contributed by atoms with Gasteiger partial charge in [-0.3, -0.25) is 9.78 Å². The number of aromatic nitrogens is 4. The van der Waals surface area contributed by atoms with Crippen LogP contribution < -0.4 is 5.32 Å². The third-order valence-corrected chi connectivity index (χ3v) is 5.70. The first-order valence-electron chi connectivity index (χ1n) is 9.44. The summed E-state index contributed by atoms with van der Waals surface area (Å²) in [5.41, 5.74) is 1.72. The molecule has 0 spiro atoms. The number of amides is 1. The van der Waals surface area contributed by atoms with Gasteiger partial charge in [0.25, 0.3) is 5.91 Å². The molecular formula is C20H22N6OS. The van der Waals surface area contributed by atoms with Crippen LogP contribution in [0.3, 0.4) is 0 Å². The molecule has 0 bridgehead atoms. The minimum atomic E-state index is 0.0738. The lowest BCUT2D eigenvalue weighted by atomic mass is 10.0. The van der Waals surface area contributed by atoms with E-state index in [1.165, 1.54) is 0 Å². The molecule has 3 aromatic heterocycles. The Labute approximate surface area is 167 Å². The molecule has 28 heavy (non-hydrogen) atoms. The number of nitrogens with zero attached hydrogens (tertiary/aromatic N) is 5. The van der Waals surface area contributed by atoms with E-state index in [0.717, 1.165) is 49.6 Å². The summed E-state index contributed by atoms with van der Waals surface area (Å²) in [6.07, 6.45) is 9.59. The molecule has 4 heterocycles. The van der Waals surface area contributed by atoms with Gasteiger partial charge in [-0.25, -0.2) is 15.0 Å². The fraction of sp³-hybridized carbons (Fsp3) is 0.350. The molecule has 4 rings (SSSR count). The molecule has 0 radical (unpaired) electrons. The topological polar surface area (TPSA) is 83.9 Å². The zero-order valence-corrected chi connectivity index (χ0v) is 16.3. The Hall–Kier alpha value is -2.71. The highest BCUT2D eigenvalue weighted by atomic mass is 32.1. The Morgan fingerprint density at radius 3 is 2.75 bits per heavy atom. The minimum Gasteiger partial charge on any atom is -0.338 e. The van der Waals surface area contributed by atoms with Gasteiger partial charge in [-0.2, -0.15) is 0 Å². The molecule has 144 valence electrons. The Morgan fingerprint density at radius 1 is 1.18 bits per heavy atom. The predicted molar refractivity (Wildman–Crippen MR) is 108 cm³/mol. The number of piperidine rings is 1. The van der Waals surface area contributed by atoms with Crippen molar-refractivity contribution in [3.8, 4) is 10.8 Å². The van der Waals surface area contributed by atoms with E-state index in [9.17, 15) is 4.79 Å². The van der Waals surface area contributed by atoms with Crippen LogP contribution in [0.15, 0.2) is 48.4 Å². The number of likely N-dealkylation sites (tertiary alicyclic amines) is 1. The third-order valence-electron chi connectivity index (χ3n) is 4.81. The van der Waals surface area contributed by atoms with Crippen molar-refractivity contribution in [3.05, 3.63) is 59.6 Å². The molecule has 0 saturated carbocycles. The number of carbonyl (C=O) groups excluding carboxylic acids is 1. The molecular weight excluding hydrogens is 372 g/mol. The smallest absolute Gasteiger partial charge is 0.255 e. The highest BCUT2D eigenvalue weighted by Crippen LogP contribution is 2.20. The van der Waals surface area contributed by atoms with Crippen molar-refractivity contribution in [1.82, 2.24) is 30.2 Å². The van der Waals surface area contributed by atoms with E-state index in [2.05, 4.69) is 30.6 Å². The second-order valence-electron chi connectivity index (χ2n) is 6.73. The average Bonchev–Trinajstić information content (AvgIpc) is 3.24. The molecule has 1 saturated heterocycles. The van der Waals surface area contributed by atoms with Crippen molar-refractivity contribution >= 4 is 17.2 Å². The summed E-state index contributed by atoms with van der Waals surface area (Å²) in [5, 5.41) is 6.53. The molecule has 3 aromatic rings. The summed E-state index contributed by atoms with van der Waals surface area (Å²) < 4.78 is 0. The van der Waals surface area contributed by atoms with Gasteiger partial charge >= 0.3 is 0 Å². The molecule has 1 N–H and O–H groups in total. The highest BCUT2D eigenvalue weighted by molar-refractivity contribution is 7.13. The number of hydrogen-bond acceptors (Lipinski definition) is 7. The summed E-state index contributed by atoms with van der Waals surface area (Å²) in [7, 11) is 0. The van der Waals surface area contributed by atoms with Crippen molar-refractivity contribution in [3.63, 3.8) is 0 Å². The number of hydrogen-bond donors (Lipinski definition) is 1. The van der Waals surface area contributed by atoms with Crippen LogP contribution in [0.1, 0.15) is 28.9 Å². The van der Waals surface area contributed by atoms with Gasteiger partial charge < -0.3 is 10.2 Å². The normalized spacial score (nSPS) is 14.9. The van der Waals surface area contributed by atoms with Crippen LogP contribution in [0.4, 0.5) is 0 Å². The van der Waals surface area contributed by atoms with Crippen LogP contribution >= 0.6 is 11.3 Å². The lowest BCUT2D eigenvalue weighted by Crippen LogP contribution is -2.45. The van der Waals surface area contributed by atoms with Crippen molar-refractivity contribution in [2.75, 3.05) is 19.6 Å². The van der Waals surface area contributed by atoms with Crippen LogP contribution in [0.25, 0.3) is 10.8 Å². The molecule has 1 aliphatic rings. The van der Waals surface area contributed by atoms with Crippen molar-refractivity contribution in [1.29, 1.82) is 0 Å². The molecule has 8 heteroatoms. The number of nitrogens with one attached hydrogen (secondary N) is 1. The van der Waals surface area contributed by atoms with Crippen LogP contribution in [-0.4, -0.2) is 56.4 Å². The quantitative estimate of drug-likeness (QED) is 0.691. The first-order valence-corrected chi connectivity index (χ1v) is 10.3. The van der Waals surface area contributed by atoms with Gasteiger partial charge in [-0.1, -0.05) is 0 Å². The summed E-state index contributed by atoms with van der Waals surface area (Å²) in [4.78, 5) is 31.5. The van der Waals surface area contributed by atoms with Gasteiger partial charge in [0.1, 0.15) is 0 Å². The van der Waals surface area contributed by atoms with Crippen molar-refractivity contribution in [2.45, 2.75) is 25.3 Å². The first-order chi connectivity index (χ1) is 13.8. The summed E-state index contributed by atoms with van der Waals surface area (Å²) in [6, 6.07) is 5.86. The van der Waals surface area contributed by atoms with E-state index >= 15 is 0 Å². The minimum absolute atomic E-state index is 0.0738. The van der Waals surface area contributed by atoms with E-state index < -0.39 is 0 Å². The molecule has 1 amide bonds. The summed E-state index contributed by atoms with van der Waals surface area (Å²) >= 11 is 1.58. The van der Waals surface area contributed by atoms with Crippen molar-refractivity contribution in [2.24, 2.45) is 0 Å². The van der Waals surface area contributed by atoms with Gasteiger partial charge in [0.2, 0.25) is 0 Å². The zero-order chi connectivity index (χ0) is 19.2. The van der Waals surface area contributed by atoms with E-state index in [-0.39, 0.29) is 5.91 Å². The molecule has 1 fully saturated rings. The molecule has 0 unspecified atom stereocenters. The van der Waals surface area contributed by atoms with Gasteiger partial charge in [0.05, 0.1) is 11.3 Å². The Bertz CT molecular complexity index is 893. The van der Waals surface area contributed by atoms with E-state index in [1.807, 2.05) is 11.0 Å². The zero-order valence-electron chi connectivity index (χ0n) is 15.5. The Morgan fingerprint density at radius 2 is 2.00 bits per heavy atom. The third kappa shape index (κ3) is 4.58. The van der Waals surface area contributed by atoms with E-state index in [1.54, 1.807) is 48.3 Å². The highest BCUT2D eigenvalue weighted by Gasteiger charge is 2.23. The van der Waals surface area contributed by atoms with E-state index in [0.29, 0.717) is 17.4 Å². The van der Waals surface area contributed by atoms with Gasteiger partial charge in [-0.05, 0) is 31.0 Å². The van der Waals surface area contributed by atoms with Crippen LogP contribution in [0.2, 0.25) is 0 Å². The molecule has 0 aliphatic carbocycles. The maximum Gasteiger partial charge on any atom is 0.255 e. The standard InChI is InChI=1S/C20H22N6OS/c27-20(15-3-1-7-21-13-15)26-11-5-16(6-12-26)22-10-4-17-14-28-19(25-17)18-23-8-2-9-24-18/h1-3,7-9,13-14,16,22H,4-6,10-12H2. The lowest BCUT2D eigenvalue weighted by molar-refractivity contribution is 0.0705. The van der Waals surface area contributed by atoms with E-state index in [4.69, 9.17) is 0 Å². The Balaban J connectivity index is 1.21. The number of thiazole rings is 1. The number of rotatable bonds is 6. The van der Waals surface area contributed by atoms with Crippen LogP contribution in [0.5, 0.6) is 0 Å². The first kappa shape index (κ1) is 18.6. The van der Waals surface area contributed by atoms with Crippen LogP contribution in [0, 0.1) is 0 Å². The van der Waals surface area contributed by atoms with Crippen molar-refractivity contribution < 1.29 is 4.79 Å². The predicted octanol–water partition coefficient (Wildman–Crippen LogP) is 2.43. The molecule has 0 aromatic carbocycles. The second kappa shape index (κ2) is 8.99. The fourth-order valence-corrected chi connectivity index (χ4v) is 4.10. The maximum atomic E-state index is 12.5. The van der Waals surface area contributed by atoms with Crippen LogP contribution in [-0.2, 0) is 6.42 Å². The average molecular weight is 395 g/mol. The Kier molecular flexibility index (Phi) is 5.98.